The van der Waals surface area contributed by atoms with Crippen molar-refractivity contribution in [2.24, 2.45) is 5.92 Å². The van der Waals surface area contributed by atoms with Gasteiger partial charge >= 0.3 is 12.1 Å². The van der Waals surface area contributed by atoms with Crippen LogP contribution < -0.4 is 5.32 Å². The number of nitrogens with one attached hydrogen (secondary N) is 1. The molecular weight excluding hydrogens is 308 g/mol. The Morgan fingerprint density at radius 3 is 2.33 bits per heavy atom. The maximum Gasteiger partial charge on any atom is 0.407 e. The van der Waals surface area contributed by atoms with Crippen molar-refractivity contribution in [3.63, 3.8) is 0 Å². The van der Waals surface area contributed by atoms with Gasteiger partial charge in [-0.25, -0.2) is 4.79 Å². The van der Waals surface area contributed by atoms with Crippen LogP contribution >= 0.6 is 0 Å². The zero-order valence-corrected chi connectivity index (χ0v) is 15.5. The molecule has 0 radical (unpaired) electrons. The predicted octanol–water partition coefficient (Wildman–Crippen LogP) is 2.71. The average molecular weight is 340 g/mol. The molecule has 1 saturated carbocycles. The normalized spacial score (nSPS) is 26.7. The molecule has 1 saturated heterocycles. The van der Waals surface area contributed by atoms with E-state index >= 15 is 0 Å². The largest absolute Gasteiger partial charge is 0.469 e. The average Bonchev–Trinajstić information content (AvgIpc) is 2.53. The number of hydrogen-bond acceptors (Lipinski definition) is 5. The van der Waals surface area contributed by atoms with Gasteiger partial charge in [-0.15, -0.1) is 0 Å². The molecule has 2 fully saturated rings. The fourth-order valence-electron chi connectivity index (χ4n) is 3.78. The monoisotopic (exact) mass is 340 g/mol. The number of esters is 1. The van der Waals surface area contributed by atoms with Crippen molar-refractivity contribution in [2.45, 2.75) is 77.0 Å². The Bertz CT molecular complexity index is 441. The topological polar surface area (TPSA) is 67.9 Å². The van der Waals surface area contributed by atoms with Crippen molar-refractivity contribution in [3.05, 3.63) is 0 Å². The summed E-state index contributed by atoms with van der Waals surface area (Å²) in [6.07, 6.45) is 6.54. The Balaban J connectivity index is 1.98. The van der Waals surface area contributed by atoms with Gasteiger partial charge in [0.05, 0.1) is 13.0 Å². The van der Waals surface area contributed by atoms with Crippen molar-refractivity contribution in [1.29, 1.82) is 0 Å². The van der Waals surface area contributed by atoms with Crippen LogP contribution in [-0.2, 0) is 14.3 Å². The number of carbonyl (C=O) groups is 2. The number of likely N-dealkylation sites (tertiary alicyclic amines) is 1. The van der Waals surface area contributed by atoms with E-state index in [2.05, 4.69) is 10.2 Å². The van der Waals surface area contributed by atoms with Gasteiger partial charge in [-0.2, -0.15) is 0 Å². The second kappa shape index (κ2) is 8.19. The third kappa shape index (κ3) is 5.36. The predicted molar refractivity (Wildman–Crippen MR) is 91.7 cm³/mol. The van der Waals surface area contributed by atoms with Crippen LogP contribution in [0.25, 0.3) is 0 Å². The van der Waals surface area contributed by atoms with Crippen molar-refractivity contribution in [2.75, 3.05) is 20.2 Å². The lowest BCUT2D eigenvalue weighted by Crippen LogP contribution is -2.56. The van der Waals surface area contributed by atoms with E-state index in [9.17, 15) is 9.59 Å². The number of amides is 1. The molecule has 6 nitrogen and oxygen atoms in total. The molecule has 1 aliphatic heterocycles. The van der Waals surface area contributed by atoms with Gasteiger partial charge in [0, 0.05) is 25.2 Å². The highest BCUT2D eigenvalue weighted by Crippen LogP contribution is 2.28. The van der Waals surface area contributed by atoms with Crippen LogP contribution in [0.1, 0.15) is 59.3 Å². The second-order valence-electron chi connectivity index (χ2n) is 7.96. The molecule has 1 N–H and O–H groups in total. The molecular formula is C18H32N2O4. The minimum absolute atomic E-state index is 0.229. The van der Waals surface area contributed by atoms with E-state index in [1.54, 1.807) is 0 Å². The third-order valence-electron chi connectivity index (χ3n) is 4.94. The Morgan fingerprint density at radius 2 is 1.75 bits per heavy atom. The number of piperidine rings is 1. The lowest BCUT2D eigenvalue weighted by atomic mass is 9.87. The van der Waals surface area contributed by atoms with Crippen molar-refractivity contribution in [1.82, 2.24) is 10.2 Å². The summed E-state index contributed by atoms with van der Waals surface area (Å²) in [5.41, 5.74) is -0.548. The Labute approximate surface area is 145 Å². The van der Waals surface area contributed by atoms with Crippen molar-refractivity contribution in [3.8, 4) is 0 Å². The first kappa shape index (κ1) is 19.0. The SMILES string of the molecule is COC(=O)C1CN(C2CCCCC2)CCC1NC(=O)OC(C)(C)C. The van der Waals surface area contributed by atoms with Gasteiger partial charge in [0.1, 0.15) is 5.60 Å². The van der Waals surface area contributed by atoms with Gasteiger partial charge in [-0.1, -0.05) is 19.3 Å². The highest BCUT2D eigenvalue weighted by atomic mass is 16.6. The molecule has 1 aliphatic carbocycles. The van der Waals surface area contributed by atoms with Crippen LogP contribution in [0.15, 0.2) is 0 Å². The number of carbonyl (C=O) groups excluding carboxylic acids is 2. The molecule has 138 valence electrons. The highest BCUT2D eigenvalue weighted by molar-refractivity contribution is 5.75. The molecule has 1 amide bonds. The van der Waals surface area contributed by atoms with Gasteiger partial charge in [-0.05, 0) is 40.0 Å². The van der Waals surface area contributed by atoms with Crippen LogP contribution in [0.5, 0.6) is 0 Å². The first-order valence-corrected chi connectivity index (χ1v) is 9.11. The van der Waals surface area contributed by atoms with Crippen molar-refractivity contribution >= 4 is 12.1 Å². The fourth-order valence-corrected chi connectivity index (χ4v) is 3.78. The molecule has 24 heavy (non-hydrogen) atoms. The lowest BCUT2D eigenvalue weighted by Gasteiger charge is -2.42. The van der Waals surface area contributed by atoms with Gasteiger partial charge < -0.3 is 14.8 Å². The summed E-state index contributed by atoms with van der Waals surface area (Å²) in [7, 11) is 1.41. The van der Waals surface area contributed by atoms with Crippen LogP contribution in [-0.4, -0.2) is 54.8 Å². The molecule has 6 heteroatoms. The molecule has 0 bridgehead atoms. The number of rotatable bonds is 3. The summed E-state index contributed by atoms with van der Waals surface area (Å²) >= 11 is 0. The van der Waals surface area contributed by atoms with Crippen LogP contribution in [0.4, 0.5) is 4.79 Å². The summed E-state index contributed by atoms with van der Waals surface area (Å²) in [4.78, 5) is 26.7. The third-order valence-corrected chi connectivity index (χ3v) is 4.94. The highest BCUT2D eigenvalue weighted by Gasteiger charge is 2.38. The summed E-state index contributed by atoms with van der Waals surface area (Å²) < 4.78 is 10.3. The van der Waals surface area contributed by atoms with E-state index in [0.29, 0.717) is 12.6 Å². The Hall–Kier alpha value is -1.30. The molecule has 1 heterocycles. The molecule has 2 rings (SSSR count). The van der Waals surface area contributed by atoms with E-state index < -0.39 is 11.7 Å². The maximum atomic E-state index is 12.2. The Morgan fingerprint density at radius 1 is 1.08 bits per heavy atom. The minimum atomic E-state index is -0.548. The molecule has 0 aromatic rings. The molecule has 2 atom stereocenters. The zero-order valence-electron chi connectivity index (χ0n) is 15.5. The number of nitrogens with zero attached hydrogens (tertiary/aromatic N) is 1. The van der Waals surface area contributed by atoms with Gasteiger partial charge in [0.25, 0.3) is 0 Å². The van der Waals surface area contributed by atoms with E-state index in [1.807, 2.05) is 20.8 Å². The zero-order chi connectivity index (χ0) is 17.7. The lowest BCUT2D eigenvalue weighted by molar-refractivity contribution is -0.149. The second-order valence-corrected chi connectivity index (χ2v) is 7.96. The van der Waals surface area contributed by atoms with E-state index in [1.165, 1.54) is 39.2 Å². The molecule has 0 aromatic carbocycles. The van der Waals surface area contributed by atoms with Crippen molar-refractivity contribution < 1.29 is 19.1 Å². The van der Waals surface area contributed by atoms with Crippen LogP contribution in [0.2, 0.25) is 0 Å². The number of alkyl carbamates (subject to hydrolysis) is 1. The molecule has 2 unspecified atom stereocenters. The number of ether oxygens (including phenoxy) is 2. The fraction of sp³-hybridized carbons (Fsp3) is 0.889. The Kier molecular flexibility index (Phi) is 6.49. The van der Waals surface area contributed by atoms with Crippen LogP contribution in [0.3, 0.4) is 0 Å². The summed E-state index contributed by atoms with van der Waals surface area (Å²) in [6, 6.07) is 0.334. The standard InChI is InChI=1S/C18H32N2O4/c1-18(2,3)24-17(22)19-15-10-11-20(12-14(15)16(21)23-4)13-8-6-5-7-9-13/h13-15H,5-12H2,1-4H3,(H,19,22). The molecule has 0 spiro atoms. The molecule has 0 aromatic heterocycles. The van der Waals surface area contributed by atoms with E-state index in [4.69, 9.17) is 9.47 Å². The first-order valence-electron chi connectivity index (χ1n) is 9.11. The van der Waals surface area contributed by atoms with Gasteiger partial charge in [-0.3, -0.25) is 9.69 Å². The van der Waals surface area contributed by atoms with Gasteiger partial charge in [0.2, 0.25) is 0 Å². The summed E-state index contributed by atoms with van der Waals surface area (Å²) in [5.74, 6) is -0.588. The smallest absolute Gasteiger partial charge is 0.407 e. The number of hydrogen-bond donors (Lipinski definition) is 1. The quantitative estimate of drug-likeness (QED) is 0.800. The summed E-state index contributed by atoms with van der Waals surface area (Å²) in [6.45, 7) is 7.04. The van der Waals surface area contributed by atoms with Gasteiger partial charge in [0.15, 0.2) is 0 Å². The number of methoxy groups -OCH3 is 1. The molecule has 2 aliphatic rings. The first-order chi connectivity index (χ1) is 11.3. The van der Waals surface area contributed by atoms with E-state index in [-0.39, 0.29) is 17.9 Å². The van der Waals surface area contributed by atoms with Crippen LogP contribution in [0, 0.1) is 5.92 Å². The maximum absolute atomic E-state index is 12.2. The minimum Gasteiger partial charge on any atom is -0.469 e. The summed E-state index contributed by atoms with van der Waals surface area (Å²) in [5, 5.41) is 2.88. The van der Waals surface area contributed by atoms with E-state index in [0.717, 1.165) is 13.0 Å².